The fraction of sp³-hybridized carbons (Fsp3) is 0.500. The van der Waals surface area contributed by atoms with Crippen LogP contribution in [0.25, 0.3) is 0 Å². The van der Waals surface area contributed by atoms with Gasteiger partial charge in [-0.3, -0.25) is 9.80 Å². The van der Waals surface area contributed by atoms with Crippen molar-refractivity contribution in [1.82, 2.24) is 9.80 Å². The van der Waals surface area contributed by atoms with E-state index < -0.39 is 11.7 Å². The second-order valence-corrected chi connectivity index (χ2v) is 8.61. The van der Waals surface area contributed by atoms with Gasteiger partial charge in [-0.05, 0) is 55.3 Å². The zero-order valence-corrected chi connectivity index (χ0v) is 18.3. The molecule has 2 saturated heterocycles. The van der Waals surface area contributed by atoms with Gasteiger partial charge in [-0.1, -0.05) is 12.1 Å². The van der Waals surface area contributed by atoms with E-state index in [1.807, 2.05) is 11.0 Å². The van der Waals surface area contributed by atoms with Gasteiger partial charge in [-0.15, -0.1) is 0 Å². The number of halogens is 3. The third kappa shape index (κ3) is 5.30. The number of benzene rings is 2. The van der Waals surface area contributed by atoms with Crippen molar-refractivity contribution in [1.29, 1.82) is 0 Å². The summed E-state index contributed by atoms with van der Waals surface area (Å²) in [5, 5.41) is 10.0. The van der Waals surface area contributed by atoms with Crippen LogP contribution in [0.5, 0.6) is 11.5 Å². The molecule has 0 bridgehead atoms. The van der Waals surface area contributed by atoms with Crippen molar-refractivity contribution in [3.8, 4) is 11.5 Å². The number of piperidine rings is 1. The van der Waals surface area contributed by atoms with E-state index in [-0.39, 0.29) is 5.75 Å². The van der Waals surface area contributed by atoms with Crippen molar-refractivity contribution in [3.63, 3.8) is 0 Å². The van der Waals surface area contributed by atoms with Crippen molar-refractivity contribution >= 4 is 5.69 Å². The number of aromatic hydroxyl groups is 1. The number of likely N-dealkylation sites (tertiary alicyclic amines) is 1. The van der Waals surface area contributed by atoms with Crippen LogP contribution in [-0.2, 0) is 12.7 Å². The molecule has 1 unspecified atom stereocenters. The zero-order valence-electron chi connectivity index (χ0n) is 18.3. The lowest BCUT2D eigenvalue weighted by molar-refractivity contribution is -0.137. The molecule has 0 aromatic heterocycles. The molecule has 32 heavy (non-hydrogen) atoms. The van der Waals surface area contributed by atoms with E-state index >= 15 is 0 Å². The van der Waals surface area contributed by atoms with Crippen molar-refractivity contribution in [2.45, 2.75) is 31.6 Å². The Balaban J connectivity index is 1.32. The molecular weight excluding hydrogens is 419 g/mol. The van der Waals surface area contributed by atoms with Gasteiger partial charge in [0.15, 0.2) is 11.5 Å². The van der Waals surface area contributed by atoms with Gasteiger partial charge < -0.3 is 14.7 Å². The molecule has 0 radical (unpaired) electrons. The van der Waals surface area contributed by atoms with E-state index in [1.165, 1.54) is 19.2 Å². The quantitative estimate of drug-likeness (QED) is 0.741. The second kappa shape index (κ2) is 9.58. The lowest BCUT2D eigenvalue weighted by atomic mass is 10.0. The highest BCUT2D eigenvalue weighted by Crippen LogP contribution is 2.32. The Bertz CT molecular complexity index is 914. The van der Waals surface area contributed by atoms with Crippen LogP contribution in [0.4, 0.5) is 18.9 Å². The van der Waals surface area contributed by atoms with Crippen molar-refractivity contribution in [3.05, 3.63) is 53.6 Å². The Hall–Kier alpha value is -2.45. The van der Waals surface area contributed by atoms with Crippen molar-refractivity contribution < 1.29 is 23.0 Å². The second-order valence-electron chi connectivity index (χ2n) is 8.61. The summed E-state index contributed by atoms with van der Waals surface area (Å²) in [6.07, 6.45) is -2.07. The lowest BCUT2D eigenvalue weighted by Crippen LogP contribution is -2.55. The molecule has 1 atom stereocenters. The summed E-state index contributed by atoms with van der Waals surface area (Å²) in [5.41, 5.74) is 1.10. The molecule has 174 valence electrons. The molecule has 2 aliphatic rings. The van der Waals surface area contributed by atoms with Crippen LogP contribution in [0, 0.1) is 0 Å². The Morgan fingerprint density at radius 2 is 1.81 bits per heavy atom. The number of piperazine rings is 1. The van der Waals surface area contributed by atoms with E-state index in [0.29, 0.717) is 17.5 Å². The van der Waals surface area contributed by atoms with Gasteiger partial charge >= 0.3 is 6.18 Å². The number of ether oxygens (including phenoxy) is 1. The summed E-state index contributed by atoms with van der Waals surface area (Å²) in [6, 6.07) is 11.6. The van der Waals surface area contributed by atoms with E-state index in [9.17, 15) is 18.3 Å². The van der Waals surface area contributed by atoms with E-state index in [0.717, 1.165) is 70.3 Å². The number of anilines is 1. The summed E-state index contributed by atoms with van der Waals surface area (Å²) < 4.78 is 44.2. The van der Waals surface area contributed by atoms with Crippen molar-refractivity contribution in [2.24, 2.45) is 0 Å². The summed E-state index contributed by atoms with van der Waals surface area (Å²) in [7, 11) is 1.54. The third-order valence-electron chi connectivity index (χ3n) is 6.50. The smallest absolute Gasteiger partial charge is 0.416 e. The molecule has 2 aromatic carbocycles. The van der Waals surface area contributed by atoms with Crippen LogP contribution in [0.15, 0.2) is 42.5 Å². The van der Waals surface area contributed by atoms with Crippen molar-refractivity contribution in [2.75, 3.05) is 51.3 Å². The molecule has 2 heterocycles. The Labute approximate surface area is 187 Å². The number of methoxy groups -OCH3 is 1. The van der Waals surface area contributed by atoms with Crippen LogP contribution < -0.4 is 9.64 Å². The zero-order chi connectivity index (χ0) is 22.7. The summed E-state index contributed by atoms with van der Waals surface area (Å²) in [6.45, 7) is 5.90. The van der Waals surface area contributed by atoms with Gasteiger partial charge in [0.05, 0.1) is 12.7 Å². The molecule has 0 aliphatic carbocycles. The molecule has 8 heteroatoms. The first-order valence-corrected chi connectivity index (χ1v) is 11.1. The van der Waals surface area contributed by atoms with Gasteiger partial charge in [0, 0.05) is 51.0 Å². The molecule has 2 aromatic rings. The highest BCUT2D eigenvalue weighted by Gasteiger charge is 2.32. The average molecular weight is 450 g/mol. The molecule has 1 N–H and O–H groups in total. The third-order valence-corrected chi connectivity index (χ3v) is 6.50. The maximum absolute atomic E-state index is 13.0. The first kappa shape index (κ1) is 22.7. The largest absolute Gasteiger partial charge is 0.504 e. The summed E-state index contributed by atoms with van der Waals surface area (Å²) in [5.74, 6) is 0.633. The monoisotopic (exact) mass is 449 g/mol. The summed E-state index contributed by atoms with van der Waals surface area (Å²) >= 11 is 0. The number of nitrogens with zero attached hydrogens (tertiary/aromatic N) is 3. The van der Waals surface area contributed by atoms with Gasteiger partial charge in [0.2, 0.25) is 0 Å². The van der Waals surface area contributed by atoms with Crippen LogP contribution >= 0.6 is 0 Å². The SMILES string of the molecule is COc1ccc(CN2CCCC(N3CCN(c4cccc(C(F)(F)F)c4)CC3)C2)cc1O. The molecule has 2 aliphatic heterocycles. The van der Waals surface area contributed by atoms with E-state index in [2.05, 4.69) is 9.80 Å². The minimum atomic E-state index is -4.32. The molecule has 2 fully saturated rings. The fourth-order valence-electron chi connectivity index (χ4n) is 4.79. The van der Waals surface area contributed by atoms with Gasteiger partial charge in [0.25, 0.3) is 0 Å². The van der Waals surface area contributed by atoms with E-state index in [1.54, 1.807) is 18.2 Å². The van der Waals surface area contributed by atoms with Crippen LogP contribution in [-0.4, -0.2) is 67.3 Å². The Morgan fingerprint density at radius 3 is 2.50 bits per heavy atom. The van der Waals surface area contributed by atoms with Gasteiger partial charge in [-0.25, -0.2) is 0 Å². The minimum absolute atomic E-state index is 0.157. The van der Waals surface area contributed by atoms with Crippen LogP contribution in [0.2, 0.25) is 0 Å². The fourth-order valence-corrected chi connectivity index (χ4v) is 4.79. The highest BCUT2D eigenvalue weighted by molar-refractivity contribution is 5.49. The highest BCUT2D eigenvalue weighted by atomic mass is 19.4. The van der Waals surface area contributed by atoms with Gasteiger partial charge in [-0.2, -0.15) is 13.2 Å². The van der Waals surface area contributed by atoms with Gasteiger partial charge in [0.1, 0.15) is 0 Å². The molecule has 5 nitrogen and oxygen atoms in total. The maximum Gasteiger partial charge on any atom is 0.416 e. The average Bonchev–Trinajstić information content (AvgIpc) is 2.79. The molecule has 4 rings (SSSR count). The number of phenols is 1. The number of rotatable bonds is 5. The number of alkyl halides is 3. The number of phenolic OH excluding ortho intramolecular Hbond substituents is 1. The van der Waals surface area contributed by atoms with E-state index in [4.69, 9.17) is 4.74 Å². The van der Waals surface area contributed by atoms with Crippen LogP contribution in [0.3, 0.4) is 0 Å². The normalized spacial score (nSPS) is 21.0. The molecular formula is C24H30F3N3O2. The predicted octanol–water partition coefficient (Wildman–Crippen LogP) is 4.21. The first-order chi connectivity index (χ1) is 15.3. The van der Waals surface area contributed by atoms with Crippen LogP contribution in [0.1, 0.15) is 24.0 Å². The first-order valence-electron chi connectivity index (χ1n) is 11.1. The Morgan fingerprint density at radius 1 is 1.03 bits per heavy atom. The molecule has 0 saturated carbocycles. The number of hydrogen-bond acceptors (Lipinski definition) is 5. The molecule has 0 amide bonds. The lowest BCUT2D eigenvalue weighted by Gasteiger charge is -2.44. The maximum atomic E-state index is 13.0. The Kier molecular flexibility index (Phi) is 6.81. The minimum Gasteiger partial charge on any atom is -0.504 e. The molecule has 0 spiro atoms. The predicted molar refractivity (Wildman–Crippen MR) is 118 cm³/mol. The number of hydrogen-bond donors (Lipinski definition) is 1. The topological polar surface area (TPSA) is 39.2 Å². The summed E-state index contributed by atoms with van der Waals surface area (Å²) in [4.78, 5) is 6.93. The standard InChI is InChI=1S/C24H30F3N3O2/c1-32-23-8-7-18(14-22(23)31)16-28-9-3-6-21(17-28)30-12-10-29(11-13-30)20-5-2-4-19(15-20)24(25,26)27/h2,4-5,7-8,14-15,21,31H,3,6,9-13,16-17H2,1H3.